The highest BCUT2D eigenvalue weighted by atomic mass is 16.6. The number of hydrogen-bond donors (Lipinski definition) is 5. The van der Waals surface area contributed by atoms with E-state index < -0.39 is 112 Å². The number of benzene rings is 2. The number of carbonyl (C=O) groups is 5. The van der Waals surface area contributed by atoms with Gasteiger partial charge in [-0.15, -0.1) is 0 Å². The van der Waals surface area contributed by atoms with Gasteiger partial charge in [0.05, 0.1) is 35.6 Å². The quantitative estimate of drug-likeness (QED) is 0.147. The van der Waals surface area contributed by atoms with Crippen LogP contribution in [0, 0.1) is 16.7 Å². The molecule has 2 aromatic carbocycles. The molecule has 2 unspecified atom stereocenters. The molecule has 3 aliphatic carbocycles. The van der Waals surface area contributed by atoms with E-state index in [0.29, 0.717) is 5.56 Å². The summed E-state index contributed by atoms with van der Waals surface area (Å²) in [5, 5.41) is 51.6. The SMILES string of the molecule is CC1=C2[C@@H](O)C(=O)[C@@]3(C)C(C(OC(=O)c4ccccc4)[C@](O)(C[C@@H]1OC(=O)[C@H](O)[C@@H](NC(=O)OC(C)(C)C)c1ccccc1)C2(C)C)[C@]1(OC([11CH3])=O)CO[C@@H]1C[C@@H]3O. The fourth-order valence-corrected chi connectivity index (χ4v) is 9.56. The van der Waals surface area contributed by atoms with E-state index in [-0.39, 0.29) is 29.7 Å². The van der Waals surface area contributed by atoms with Crippen LogP contribution in [0.25, 0.3) is 0 Å². The first-order chi connectivity index (χ1) is 27.0. The Bertz CT molecular complexity index is 1980. The zero-order valence-corrected chi connectivity index (χ0v) is 33.9. The van der Waals surface area contributed by atoms with Crippen LogP contribution >= 0.6 is 0 Å². The summed E-state index contributed by atoms with van der Waals surface area (Å²) in [6.45, 7) is 11.8. The van der Waals surface area contributed by atoms with Crippen molar-refractivity contribution in [1.29, 1.82) is 0 Å². The Morgan fingerprint density at radius 3 is 2.10 bits per heavy atom. The van der Waals surface area contributed by atoms with Gasteiger partial charge >= 0.3 is 24.0 Å². The van der Waals surface area contributed by atoms with Gasteiger partial charge in [-0.1, -0.05) is 62.4 Å². The first-order valence-electron chi connectivity index (χ1n) is 19.3. The van der Waals surface area contributed by atoms with Gasteiger partial charge in [0, 0.05) is 25.2 Å². The van der Waals surface area contributed by atoms with E-state index in [1.165, 1.54) is 26.0 Å². The van der Waals surface area contributed by atoms with E-state index in [1.54, 1.807) is 83.1 Å². The molecule has 58 heavy (non-hydrogen) atoms. The summed E-state index contributed by atoms with van der Waals surface area (Å²) in [6.07, 6.45) is -11.5. The van der Waals surface area contributed by atoms with Crippen LogP contribution in [-0.2, 0) is 38.1 Å². The number of hydrogen-bond acceptors (Lipinski definition) is 14. The van der Waals surface area contributed by atoms with Crippen LogP contribution in [0.15, 0.2) is 71.8 Å². The molecular formula is C43H53NO14. The summed E-state index contributed by atoms with van der Waals surface area (Å²) >= 11 is 0. The minimum absolute atomic E-state index is 0.0637. The summed E-state index contributed by atoms with van der Waals surface area (Å²) in [4.78, 5) is 68.9. The van der Waals surface area contributed by atoms with Crippen molar-refractivity contribution in [2.75, 3.05) is 6.61 Å². The molecule has 1 amide bonds. The smallest absolute Gasteiger partial charge is 0.408 e. The lowest BCUT2D eigenvalue weighted by Gasteiger charge is -2.67. The zero-order valence-electron chi connectivity index (χ0n) is 33.9. The number of aliphatic hydroxyl groups is 4. The highest BCUT2D eigenvalue weighted by molar-refractivity contribution is 5.94. The monoisotopic (exact) mass is 806 g/mol. The molecule has 1 saturated heterocycles. The molecule has 3 fully saturated rings. The molecular weight excluding hydrogens is 753 g/mol. The van der Waals surface area contributed by atoms with Crippen LogP contribution < -0.4 is 5.32 Å². The minimum atomic E-state index is -2.35. The van der Waals surface area contributed by atoms with Crippen LogP contribution in [0.2, 0.25) is 0 Å². The number of alkyl carbamates (subject to hydrolysis) is 1. The van der Waals surface area contributed by atoms with Gasteiger partial charge in [0.25, 0.3) is 0 Å². The molecule has 0 radical (unpaired) electrons. The normalized spacial score (nSPS) is 33.7. The summed E-state index contributed by atoms with van der Waals surface area (Å²) in [5.41, 5.74) is -8.14. The van der Waals surface area contributed by atoms with Crippen molar-refractivity contribution < 1.29 is 68.1 Å². The number of carbonyl (C=O) groups excluding carboxylic acids is 5. The van der Waals surface area contributed by atoms with Crippen LogP contribution in [-0.4, -0.2) is 110 Å². The number of ether oxygens (including phenoxy) is 5. The number of rotatable bonds is 8. The largest absolute Gasteiger partial charge is 0.456 e. The Kier molecular flexibility index (Phi) is 11.2. The molecule has 0 aromatic heterocycles. The second kappa shape index (κ2) is 15.2. The second-order valence-electron chi connectivity index (χ2n) is 17.6. The number of Topliss-reactive ketones (excluding diaryl/α,β-unsaturated/α-hetero) is 1. The van der Waals surface area contributed by atoms with E-state index in [2.05, 4.69) is 5.32 Å². The van der Waals surface area contributed by atoms with Gasteiger partial charge in [0.1, 0.15) is 35.6 Å². The number of fused-ring (bicyclic) bond motifs is 5. The third kappa shape index (κ3) is 7.10. The number of esters is 3. The second-order valence-corrected chi connectivity index (χ2v) is 17.6. The van der Waals surface area contributed by atoms with Gasteiger partial charge in [-0.05, 0) is 63.5 Å². The Hall–Kier alpha value is -4.67. The van der Waals surface area contributed by atoms with E-state index in [4.69, 9.17) is 23.7 Å². The van der Waals surface area contributed by atoms with E-state index in [0.717, 1.165) is 6.92 Å². The molecule has 4 aliphatic rings. The summed E-state index contributed by atoms with van der Waals surface area (Å²) < 4.78 is 29.5. The van der Waals surface area contributed by atoms with Gasteiger partial charge in [0.2, 0.25) is 0 Å². The number of nitrogens with one attached hydrogen (secondary N) is 1. The van der Waals surface area contributed by atoms with Gasteiger partial charge in [0.15, 0.2) is 17.5 Å². The Labute approximate surface area is 336 Å². The van der Waals surface area contributed by atoms with Gasteiger partial charge < -0.3 is 49.4 Å². The average Bonchev–Trinajstić information content (AvgIpc) is 3.14. The molecule has 15 nitrogen and oxygen atoms in total. The number of amides is 1. The van der Waals surface area contributed by atoms with Gasteiger partial charge in [-0.25, -0.2) is 14.4 Å². The zero-order chi connectivity index (χ0) is 42.7. The Morgan fingerprint density at radius 1 is 0.948 bits per heavy atom. The first kappa shape index (κ1) is 42.9. The fraction of sp³-hybridized carbons (Fsp3) is 0.558. The number of aliphatic hydroxyl groups excluding tert-OH is 3. The molecule has 314 valence electrons. The Balaban J connectivity index is 1.49. The van der Waals surface area contributed by atoms with E-state index in [9.17, 15) is 44.4 Å². The fourth-order valence-electron chi connectivity index (χ4n) is 9.56. The van der Waals surface area contributed by atoms with Crippen LogP contribution in [0.3, 0.4) is 0 Å². The summed E-state index contributed by atoms with van der Waals surface area (Å²) in [5.74, 6) is -5.36. The molecule has 1 heterocycles. The van der Waals surface area contributed by atoms with Gasteiger partial charge in [-0.2, -0.15) is 0 Å². The van der Waals surface area contributed by atoms with Crippen molar-refractivity contribution in [3.8, 4) is 0 Å². The molecule has 2 saturated carbocycles. The minimum Gasteiger partial charge on any atom is -0.456 e. The lowest BCUT2D eigenvalue weighted by atomic mass is 9.44. The maximum atomic E-state index is 14.9. The van der Waals surface area contributed by atoms with Crippen molar-refractivity contribution in [2.45, 2.75) is 128 Å². The summed E-state index contributed by atoms with van der Waals surface area (Å²) in [6, 6.07) is 14.6. The van der Waals surface area contributed by atoms with E-state index >= 15 is 0 Å². The molecule has 11 atom stereocenters. The molecule has 0 spiro atoms. The predicted molar refractivity (Wildman–Crippen MR) is 204 cm³/mol. The van der Waals surface area contributed by atoms with Crippen molar-refractivity contribution in [1.82, 2.24) is 5.32 Å². The molecule has 2 bridgehead atoms. The lowest BCUT2D eigenvalue weighted by Crippen LogP contribution is -2.81. The molecule has 1 aliphatic heterocycles. The number of ketones is 1. The van der Waals surface area contributed by atoms with Crippen LogP contribution in [0.1, 0.15) is 90.2 Å². The maximum absolute atomic E-state index is 14.9. The van der Waals surface area contributed by atoms with Crippen LogP contribution in [0.4, 0.5) is 4.79 Å². The first-order valence-corrected chi connectivity index (χ1v) is 19.3. The van der Waals surface area contributed by atoms with Crippen molar-refractivity contribution in [3.05, 3.63) is 82.9 Å². The Morgan fingerprint density at radius 2 is 1.55 bits per heavy atom. The standard InChI is InChI=1S/C43H53NO14/c1-22-26(55-37(51)32(48)30(24-15-11-9-12-16-24)44-38(52)58-39(3,4)5)20-43(53)35(56-36(50)25-17-13-10-14-18-25)33-41(8,34(49)31(47)29(22)40(43,6)7)27(46)19-28-42(33,21-54-28)57-23(2)45/h9-18,26-28,30-33,35,46-48,53H,19-21H2,1-8H3,(H,44,52)/t26-,27-,28+,30-,31+,32+,33?,35?,41+,42-,43+/m0/s1/i2-1. The topological polar surface area (TPSA) is 224 Å². The van der Waals surface area contributed by atoms with Crippen molar-refractivity contribution in [3.63, 3.8) is 0 Å². The maximum Gasteiger partial charge on any atom is 0.408 e. The molecule has 6 rings (SSSR count). The van der Waals surface area contributed by atoms with E-state index in [1.807, 2.05) is 0 Å². The highest BCUT2D eigenvalue weighted by Crippen LogP contribution is 2.64. The summed E-state index contributed by atoms with van der Waals surface area (Å²) in [7, 11) is 0. The lowest BCUT2D eigenvalue weighted by molar-refractivity contribution is -0.346. The molecule has 2 aromatic rings. The predicted octanol–water partition coefficient (Wildman–Crippen LogP) is 3.26. The van der Waals surface area contributed by atoms with Crippen LogP contribution in [0.5, 0.6) is 0 Å². The van der Waals surface area contributed by atoms with Crippen molar-refractivity contribution >= 4 is 29.8 Å². The molecule has 5 N–H and O–H groups in total. The van der Waals surface area contributed by atoms with Gasteiger partial charge in [-0.3, -0.25) is 9.59 Å². The third-order valence-corrected chi connectivity index (χ3v) is 12.6. The highest BCUT2D eigenvalue weighted by Gasteiger charge is 2.78. The average molecular weight is 807 g/mol. The molecule has 15 heteroatoms. The van der Waals surface area contributed by atoms with Crippen molar-refractivity contribution in [2.24, 2.45) is 16.7 Å². The third-order valence-electron chi connectivity index (χ3n) is 12.6.